The van der Waals surface area contributed by atoms with E-state index < -0.39 is 0 Å². The second kappa shape index (κ2) is 5.30. The topological polar surface area (TPSA) is 29.3 Å². The Morgan fingerprint density at radius 1 is 1.50 bits per heavy atom. The monoisotopic (exact) mass is 238 g/mol. The average Bonchev–Trinajstić information content (AvgIpc) is 2.69. The van der Waals surface area contributed by atoms with E-state index in [0.717, 1.165) is 6.54 Å². The van der Waals surface area contributed by atoms with Crippen LogP contribution in [0.4, 0.5) is 0 Å². The Labute approximate surface area is 102 Å². The van der Waals surface area contributed by atoms with Crippen LogP contribution in [0.15, 0.2) is 12.1 Å². The second-order valence-electron chi connectivity index (χ2n) is 4.78. The maximum Gasteiger partial charge on any atom is 0.0566 e. The average molecular weight is 238 g/mol. The summed E-state index contributed by atoms with van der Waals surface area (Å²) in [7, 11) is 0. The van der Waals surface area contributed by atoms with Gasteiger partial charge in [0.1, 0.15) is 0 Å². The van der Waals surface area contributed by atoms with Gasteiger partial charge >= 0.3 is 0 Å². The first-order valence-corrected chi connectivity index (χ1v) is 7.06. The van der Waals surface area contributed by atoms with E-state index in [1.807, 2.05) is 11.3 Å². The third-order valence-electron chi connectivity index (χ3n) is 3.57. The molecule has 0 radical (unpaired) electrons. The standard InChI is InChI=1S/C13H22N2S/c1-10-5-3-4-8-15(10)12(9-14)13-7-6-11(2)16-13/h6-7,10,12H,3-5,8-9,14H2,1-2H3. The molecule has 2 unspecified atom stereocenters. The number of likely N-dealkylation sites (tertiary alicyclic amines) is 1. The van der Waals surface area contributed by atoms with Gasteiger partial charge in [-0.3, -0.25) is 4.90 Å². The van der Waals surface area contributed by atoms with E-state index in [4.69, 9.17) is 5.73 Å². The fourth-order valence-corrected chi connectivity index (χ4v) is 3.64. The summed E-state index contributed by atoms with van der Waals surface area (Å²) in [4.78, 5) is 5.42. The fraction of sp³-hybridized carbons (Fsp3) is 0.692. The Bertz CT molecular complexity index is 334. The van der Waals surface area contributed by atoms with Crippen LogP contribution in [-0.2, 0) is 0 Å². The van der Waals surface area contributed by atoms with Gasteiger partial charge in [0.25, 0.3) is 0 Å². The fourth-order valence-electron chi connectivity index (χ4n) is 2.63. The molecule has 2 rings (SSSR count). The molecule has 0 aliphatic carbocycles. The molecule has 1 aromatic heterocycles. The van der Waals surface area contributed by atoms with Crippen molar-refractivity contribution in [1.29, 1.82) is 0 Å². The number of aryl methyl sites for hydroxylation is 1. The molecule has 0 aromatic carbocycles. The maximum absolute atomic E-state index is 5.97. The van der Waals surface area contributed by atoms with Crippen LogP contribution in [0.3, 0.4) is 0 Å². The second-order valence-corrected chi connectivity index (χ2v) is 6.10. The molecule has 1 fully saturated rings. The van der Waals surface area contributed by atoms with Crippen LogP contribution in [0, 0.1) is 6.92 Å². The van der Waals surface area contributed by atoms with Crippen molar-refractivity contribution in [2.75, 3.05) is 13.1 Å². The van der Waals surface area contributed by atoms with E-state index >= 15 is 0 Å². The molecule has 2 nitrogen and oxygen atoms in total. The summed E-state index contributed by atoms with van der Waals surface area (Å²) in [5.41, 5.74) is 5.97. The van der Waals surface area contributed by atoms with Gasteiger partial charge in [-0.2, -0.15) is 0 Å². The highest BCUT2D eigenvalue weighted by atomic mass is 32.1. The van der Waals surface area contributed by atoms with E-state index in [1.54, 1.807) is 0 Å². The summed E-state index contributed by atoms with van der Waals surface area (Å²) in [5, 5.41) is 0. The minimum atomic E-state index is 0.439. The van der Waals surface area contributed by atoms with E-state index in [1.165, 1.54) is 35.6 Å². The van der Waals surface area contributed by atoms with Crippen molar-refractivity contribution in [1.82, 2.24) is 4.90 Å². The van der Waals surface area contributed by atoms with Crippen molar-refractivity contribution in [3.05, 3.63) is 21.9 Å². The Kier molecular flexibility index (Phi) is 4.00. The van der Waals surface area contributed by atoms with Crippen LogP contribution in [0.5, 0.6) is 0 Å². The zero-order valence-corrected chi connectivity index (χ0v) is 11.1. The summed E-state index contributed by atoms with van der Waals surface area (Å²) in [6, 6.07) is 5.58. The van der Waals surface area contributed by atoms with Crippen molar-refractivity contribution in [2.45, 2.75) is 45.2 Å². The molecule has 2 heterocycles. The molecule has 2 atom stereocenters. The van der Waals surface area contributed by atoms with Crippen molar-refractivity contribution < 1.29 is 0 Å². The van der Waals surface area contributed by atoms with Crippen molar-refractivity contribution in [2.24, 2.45) is 5.73 Å². The van der Waals surface area contributed by atoms with E-state index in [-0.39, 0.29) is 0 Å². The van der Waals surface area contributed by atoms with E-state index in [9.17, 15) is 0 Å². The summed E-state index contributed by atoms with van der Waals surface area (Å²) in [6.07, 6.45) is 4.02. The molecule has 0 amide bonds. The number of nitrogens with two attached hydrogens (primary N) is 1. The zero-order valence-electron chi connectivity index (χ0n) is 10.3. The normalized spacial score (nSPS) is 24.6. The molecule has 90 valence electrons. The van der Waals surface area contributed by atoms with Gasteiger partial charge in [-0.05, 0) is 45.4 Å². The summed E-state index contributed by atoms with van der Waals surface area (Å²) >= 11 is 1.89. The SMILES string of the molecule is Cc1ccc(C(CN)N2CCCCC2C)s1. The van der Waals surface area contributed by atoms with E-state index in [0.29, 0.717) is 12.1 Å². The quantitative estimate of drug-likeness (QED) is 0.877. The van der Waals surface area contributed by atoms with Gasteiger partial charge in [-0.1, -0.05) is 6.42 Å². The van der Waals surface area contributed by atoms with Gasteiger partial charge in [-0.15, -0.1) is 11.3 Å². The number of rotatable bonds is 3. The van der Waals surface area contributed by atoms with Crippen LogP contribution < -0.4 is 5.73 Å². The maximum atomic E-state index is 5.97. The van der Waals surface area contributed by atoms with Crippen LogP contribution in [0.2, 0.25) is 0 Å². The number of hydrogen-bond donors (Lipinski definition) is 1. The van der Waals surface area contributed by atoms with Gasteiger partial charge < -0.3 is 5.73 Å². The molecule has 0 spiro atoms. The van der Waals surface area contributed by atoms with Gasteiger partial charge in [0.05, 0.1) is 6.04 Å². The first-order valence-electron chi connectivity index (χ1n) is 6.24. The number of piperidine rings is 1. The van der Waals surface area contributed by atoms with Crippen LogP contribution in [0.25, 0.3) is 0 Å². The van der Waals surface area contributed by atoms with Crippen molar-refractivity contribution in [3.8, 4) is 0 Å². The summed E-state index contributed by atoms with van der Waals surface area (Å²) < 4.78 is 0. The van der Waals surface area contributed by atoms with Crippen LogP contribution >= 0.6 is 11.3 Å². The lowest BCUT2D eigenvalue weighted by Gasteiger charge is -2.38. The lowest BCUT2D eigenvalue weighted by Crippen LogP contribution is -2.42. The van der Waals surface area contributed by atoms with Gasteiger partial charge in [0, 0.05) is 22.3 Å². The first-order chi connectivity index (χ1) is 7.72. The lowest BCUT2D eigenvalue weighted by atomic mass is 10.0. The van der Waals surface area contributed by atoms with E-state index in [2.05, 4.69) is 30.9 Å². The molecule has 1 aromatic rings. The minimum Gasteiger partial charge on any atom is -0.329 e. The Morgan fingerprint density at radius 2 is 2.31 bits per heavy atom. The third kappa shape index (κ3) is 2.47. The molecule has 3 heteroatoms. The minimum absolute atomic E-state index is 0.439. The number of nitrogens with zero attached hydrogens (tertiary/aromatic N) is 1. The molecule has 16 heavy (non-hydrogen) atoms. The molecule has 1 aliphatic rings. The molecule has 2 N–H and O–H groups in total. The number of hydrogen-bond acceptors (Lipinski definition) is 3. The Hall–Kier alpha value is -0.380. The first kappa shape index (κ1) is 12.1. The molecular weight excluding hydrogens is 216 g/mol. The highest BCUT2D eigenvalue weighted by Gasteiger charge is 2.26. The largest absolute Gasteiger partial charge is 0.329 e. The predicted molar refractivity (Wildman–Crippen MR) is 70.9 cm³/mol. The van der Waals surface area contributed by atoms with Crippen LogP contribution in [-0.4, -0.2) is 24.0 Å². The Morgan fingerprint density at radius 3 is 2.88 bits per heavy atom. The lowest BCUT2D eigenvalue weighted by molar-refractivity contribution is 0.111. The van der Waals surface area contributed by atoms with Crippen LogP contribution in [0.1, 0.15) is 42.0 Å². The van der Waals surface area contributed by atoms with Crippen molar-refractivity contribution >= 4 is 11.3 Å². The van der Waals surface area contributed by atoms with Gasteiger partial charge in [0.2, 0.25) is 0 Å². The summed E-state index contributed by atoms with van der Waals surface area (Å²) in [6.45, 7) is 6.45. The molecule has 0 bridgehead atoms. The van der Waals surface area contributed by atoms with Gasteiger partial charge in [-0.25, -0.2) is 0 Å². The predicted octanol–water partition coefficient (Wildman–Crippen LogP) is 2.93. The van der Waals surface area contributed by atoms with Gasteiger partial charge in [0.15, 0.2) is 0 Å². The zero-order chi connectivity index (χ0) is 11.5. The highest BCUT2D eigenvalue weighted by molar-refractivity contribution is 7.12. The molecular formula is C13H22N2S. The molecule has 0 saturated carbocycles. The highest BCUT2D eigenvalue weighted by Crippen LogP contribution is 2.31. The Balaban J connectivity index is 2.14. The summed E-state index contributed by atoms with van der Waals surface area (Å²) in [5.74, 6) is 0. The smallest absolute Gasteiger partial charge is 0.0566 e. The third-order valence-corrected chi connectivity index (χ3v) is 4.67. The van der Waals surface area contributed by atoms with Crippen molar-refractivity contribution in [3.63, 3.8) is 0 Å². The molecule has 1 aliphatic heterocycles. The number of thiophene rings is 1. The molecule has 1 saturated heterocycles.